The SMILES string of the molecule is C#CC(=O)NCc1cnn(Cc2cc(OC)c3c(NS(=O)(=O)c4ccc(C(=O)O)cc4OC)noc3c2)c1. The number of terminal acetylenes is 1. The van der Waals surface area contributed by atoms with Crippen LogP contribution in [0.2, 0.25) is 0 Å². The summed E-state index contributed by atoms with van der Waals surface area (Å²) in [7, 11) is -1.61. The van der Waals surface area contributed by atoms with E-state index in [0.717, 1.165) is 23.8 Å². The van der Waals surface area contributed by atoms with Gasteiger partial charge in [-0.05, 0) is 41.8 Å². The van der Waals surface area contributed by atoms with Gasteiger partial charge >= 0.3 is 5.97 Å². The van der Waals surface area contributed by atoms with Crippen LogP contribution in [0.15, 0.2) is 52.1 Å². The van der Waals surface area contributed by atoms with Gasteiger partial charge in [0.15, 0.2) is 11.4 Å². The van der Waals surface area contributed by atoms with Crippen molar-refractivity contribution in [3.05, 3.63) is 59.4 Å². The number of benzene rings is 2. The number of carboxylic acid groups (broad SMARTS) is 1. The molecule has 1 amide bonds. The molecule has 2 aromatic carbocycles. The van der Waals surface area contributed by atoms with Crippen LogP contribution in [-0.2, 0) is 27.9 Å². The summed E-state index contributed by atoms with van der Waals surface area (Å²) in [5.74, 6) is 0.220. The fraction of sp³-hybridized carbons (Fsp3) is 0.167. The van der Waals surface area contributed by atoms with Crippen molar-refractivity contribution in [2.75, 3.05) is 18.9 Å². The number of nitrogens with zero attached hydrogens (tertiary/aromatic N) is 3. The first-order valence-electron chi connectivity index (χ1n) is 10.8. The third kappa shape index (κ3) is 5.37. The fourth-order valence-corrected chi connectivity index (χ4v) is 4.78. The number of hydrogen-bond acceptors (Lipinski definition) is 9. The topological polar surface area (TPSA) is 175 Å². The molecule has 2 heterocycles. The zero-order chi connectivity index (χ0) is 27.4. The molecule has 0 aliphatic rings. The van der Waals surface area contributed by atoms with Gasteiger partial charge in [-0.1, -0.05) is 5.16 Å². The number of rotatable bonds is 10. The van der Waals surface area contributed by atoms with Gasteiger partial charge in [-0.3, -0.25) is 14.2 Å². The van der Waals surface area contributed by atoms with Gasteiger partial charge in [-0.2, -0.15) is 5.10 Å². The number of hydrogen-bond donors (Lipinski definition) is 3. The van der Waals surface area contributed by atoms with E-state index >= 15 is 0 Å². The highest BCUT2D eigenvalue weighted by Crippen LogP contribution is 2.36. The first-order chi connectivity index (χ1) is 18.1. The largest absolute Gasteiger partial charge is 0.496 e. The average Bonchev–Trinajstić information content (AvgIpc) is 3.52. The monoisotopic (exact) mass is 539 g/mol. The predicted octanol–water partition coefficient (Wildman–Crippen LogP) is 1.84. The van der Waals surface area contributed by atoms with Gasteiger partial charge < -0.3 is 24.4 Å². The van der Waals surface area contributed by atoms with Crippen LogP contribution >= 0.6 is 0 Å². The molecule has 0 fully saturated rings. The highest BCUT2D eigenvalue weighted by atomic mass is 32.2. The zero-order valence-corrected chi connectivity index (χ0v) is 20.9. The molecule has 0 bridgehead atoms. The lowest BCUT2D eigenvalue weighted by Crippen LogP contribution is -2.20. The number of fused-ring (bicyclic) bond motifs is 1. The second-order valence-electron chi connectivity index (χ2n) is 7.85. The van der Waals surface area contributed by atoms with Gasteiger partial charge in [0.2, 0.25) is 0 Å². The molecule has 0 radical (unpaired) electrons. The number of sulfonamides is 1. The molecule has 0 spiro atoms. The molecule has 14 heteroatoms. The minimum atomic E-state index is -4.26. The molecule has 0 atom stereocenters. The van der Waals surface area contributed by atoms with E-state index < -0.39 is 21.9 Å². The van der Waals surface area contributed by atoms with Gasteiger partial charge in [-0.25, -0.2) is 13.2 Å². The van der Waals surface area contributed by atoms with Crippen LogP contribution in [-0.4, -0.2) is 54.6 Å². The van der Waals surface area contributed by atoms with Crippen molar-refractivity contribution in [1.29, 1.82) is 0 Å². The number of aromatic carboxylic acids is 1. The molecule has 38 heavy (non-hydrogen) atoms. The number of methoxy groups -OCH3 is 2. The number of nitrogens with one attached hydrogen (secondary N) is 2. The molecule has 196 valence electrons. The summed E-state index contributed by atoms with van der Waals surface area (Å²) in [4.78, 5) is 22.2. The molecule has 0 aliphatic carbocycles. The van der Waals surface area contributed by atoms with Crippen molar-refractivity contribution < 1.29 is 37.1 Å². The Labute approximate surface area is 216 Å². The van der Waals surface area contributed by atoms with Crippen molar-refractivity contribution >= 4 is 38.7 Å². The first-order valence-corrected chi connectivity index (χ1v) is 12.3. The Morgan fingerprint density at radius 2 is 1.92 bits per heavy atom. The Balaban J connectivity index is 1.60. The van der Waals surface area contributed by atoms with Crippen LogP contribution < -0.4 is 19.5 Å². The summed E-state index contributed by atoms with van der Waals surface area (Å²) >= 11 is 0. The zero-order valence-electron chi connectivity index (χ0n) is 20.1. The lowest BCUT2D eigenvalue weighted by molar-refractivity contribution is -0.115. The summed E-state index contributed by atoms with van der Waals surface area (Å²) in [6.45, 7) is 0.533. The highest BCUT2D eigenvalue weighted by molar-refractivity contribution is 7.92. The maximum absolute atomic E-state index is 13.1. The molecule has 0 aliphatic heterocycles. The lowest BCUT2D eigenvalue weighted by Gasteiger charge is -2.11. The molecule has 13 nitrogen and oxygen atoms in total. The Morgan fingerprint density at radius 3 is 2.61 bits per heavy atom. The predicted molar refractivity (Wildman–Crippen MR) is 133 cm³/mol. The third-order valence-corrected chi connectivity index (χ3v) is 6.74. The Kier molecular flexibility index (Phi) is 7.22. The van der Waals surface area contributed by atoms with E-state index in [-0.39, 0.29) is 39.5 Å². The van der Waals surface area contributed by atoms with E-state index in [4.69, 9.17) is 25.5 Å². The van der Waals surface area contributed by atoms with E-state index in [1.165, 1.54) is 14.2 Å². The smallest absolute Gasteiger partial charge is 0.335 e. The molecular formula is C24H21N5O8S. The maximum Gasteiger partial charge on any atom is 0.335 e. The summed E-state index contributed by atoms with van der Waals surface area (Å²) < 4.78 is 46.2. The standard InChI is InChI=1S/C24H21N5O8S/c1-4-21(30)25-10-15-11-26-29(13-15)12-14-7-18(36-3)22-19(8-14)37-27-23(22)28-38(33,34)20-6-5-16(24(31)32)9-17(20)35-2/h1,5-9,11,13H,10,12H2,2-3H3,(H,25,30)(H,27,28)(H,31,32). The number of amides is 1. The average molecular weight is 540 g/mol. The van der Waals surface area contributed by atoms with E-state index in [1.807, 2.05) is 5.92 Å². The van der Waals surface area contributed by atoms with Gasteiger partial charge in [0.25, 0.3) is 15.9 Å². The molecule has 2 aromatic heterocycles. The van der Waals surface area contributed by atoms with Crippen LogP contribution in [0.25, 0.3) is 11.0 Å². The van der Waals surface area contributed by atoms with Gasteiger partial charge in [0, 0.05) is 18.3 Å². The van der Waals surface area contributed by atoms with Crippen molar-refractivity contribution in [3.63, 3.8) is 0 Å². The van der Waals surface area contributed by atoms with Crippen molar-refractivity contribution in [1.82, 2.24) is 20.3 Å². The van der Waals surface area contributed by atoms with Crippen LogP contribution in [0.3, 0.4) is 0 Å². The Morgan fingerprint density at radius 1 is 1.16 bits per heavy atom. The summed E-state index contributed by atoms with van der Waals surface area (Å²) in [5.41, 5.74) is 1.57. The van der Waals surface area contributed by atoms with Gasteiger partial charge in [0.1, 0.15) is 21.8 Å². The van der Waals surface area contributed by atoms with Gasteiger partial charge in [0.05, 0.1) is 32.5 Å². The molecule has 0 saturated carbocycles. The second-order valence-corrected chi connectivity index (χ2v) is 9.50. The second kappa shape index (κ2) is 10.5. The number of anilines is 1. The lowest BCUT2D eigenvalue weighted by atomic mass is 10.1. The summed E-state index contributed by atoms with van der Waals surface area (Å²) in [5, 5.41) is 20.1. The minimum absolute atomic E-state index is 0.126. The number of aromatic nitrogens is 3. The number of carbonyl (C=O) groups excluding carboxylic acids is 1. The Hall–Kier alpha value is -5.03. The highest BCUT2D eigenvalue weighted by Gasteiger charge is 2.25. The minimum Gasteiger partial charge on any atom is -0.496 e. The van der Waals surface area contributed by atoms with Crippen LogP contribution in [0.5, 0.6) is 11.5 Å². The molecule has 4 aromatic rings. The first kappa shape index (κ1) is 26.0. The molecule has 4 rings (SSSR count). The maximum atomic E-state index is 13.1. The number of carbonyl (C=O) groups is 2. The number of ether oxygens (including phenoxy) is 2. The quantitative estimate of drug-likeness (QED) is 0.252. The summed E-state index contributed by atoms with van der Waals surface area (Å²) in [6.07, 6.45) is 8.36. The Bertz CT molecular complexity index is 1680. The normalized spacial score (nSPS) is 11.1. The van der Waals surface area contributed by atoms with Crippen LogP contribution in [0, 0.1) is 12.3 Å². The van der Waals surface area contributed by atoms with Crippen LogP contribution in [0.1, 0.15) is 21.5 Å². The number of carboxylic acids is 1. The summed E-state index contributed by atoms with van der Waals surface area (Å²) in [6, 6.07) is 6.72. The van der Waals surface area contributed by atoms with E-state index in [9.17, 15) is 18.0 Å². The van der Waals surface area contributed by atoms with Crippen molar-refractivity contribution in [2.24, 2.45) is 0 Å². The third-order valence-electron chi connectivity index (χ3n) is 5.36. The molecule has 0 unspecified atom stereocenters. The van der Waals surface area contributed by atoms with Crippen molar-refractivity contribution in [3.8, 4) is 23.8 Å². The molecular weight excluding hydrogens is 518 g/mol. The van der Waals surface area contributed by atoms with Crippen molar-refractivity contribution in [2.45, 2.75) is 18.0 Å². The van der Waals surface area contributed by atoms with E-state index in [2.05, 4.69) is 20.3 Å². The fourth-order valence-electron chi connectivity index (χ4n) is 3.62. The molecule has 3 N–H and O–H groups in total. The molecule has 0 saturated heterocycles. The van der Waals surface area contributed by atoms with E-state index in [1.54, 1.807) is 29.2 Å². The van der Waals surface area contributed by atoms with Crippen LogP contribution in [0.4, 0.5) is 5.82 Å². The van der Waals surface area contributed by atoms with Gasteiger partial charge in [-0.15, -0.1) is 6.42 Å². The van der Waals surface area contributed by atoms with E-state index in [0.29, 0.717) is 17.9 Å².